The molecular weight excluding hydrogens is 643 g/mol. The van der Waals surface area contributed by atoms with Gasteiger partial charge in [0, 0.05) is 18.6 Å². The Labute approximate surface area is 315 Å². The molecule has 0 radical (unpaired) electrons. The first-order valence-corrected chi connectivity index (χ1v) is 18.7. The lowest BCUT2D eigenvalue weighted by atomic mass is 9.70. The van der Waals surface area contributed by atoms with Crippen LogP contribution in [-0.4, -0.2) is 0 Å². The quantitative estimate of drug-likeness (QED) is 0.0675. The van der Waals surface area contributed by atoms with Gasteiger partial charge in [-0.3, -0.25) is 0 Å². The van der Waals surface area contributed by atoms with Crippen molar-refractivity contribution >= 4 is 0 Å². The molecule has 0 unspecified atom stereocenters. The fraction of sp³-hybridized carbons (Fsp3) is 0.160. The summed E-state index contributed by atoms with van der Waals surface area (Å²) in [6.07, 6.45) is 9.07. The summed E-state index contributed by atoms with van der Waals surface area (Å²) in [4.78, 5) is 0. The number of aryl methyl sites for hydroxylation is 1. The monoisotopic (exact) mass is 689 g/mol. The Balaban J connectivity index is 0.000000290. The van der Waals surface area contributed by atoms with Crippen LogP contribution in [-0.2, 0) is 17.6 Å². The highest BCUT2D eigenvalue weighted by molar-refractivity contribution is 5.64. The van der Waals surface area contributed by atoms with E-state index in [-0.39, 0.29) is 0 Å². The van der Waals surface area contributed by atoms with E-state index >= 15 is 0 Å². The molecule has 7 aromatic rings. The zero-order valence-electron chi connectivity index (χ0n) is 30.5. The number of pyridine rings is 1. The predicted octanol–water partition coefficient (Wildman–Crippen LogP) is 11.8. The Morgan fingerprint density at radius 3 is 1.00 bits per heavy atom. The fourth-order valence-corrected chi connectivity index (χ4v) is 7.12. The van der Waals surface area contributed by atoms with E-state index in [0.29, 0.717) is 0 Å². The summed E-state index contributed by atoms with van der Waals surface area (Å²) in [6.45, 7) is 3.28. The number of unbranched alkanes of at least 4 members (excludes halogenated alkanes) is 3. The minimum Gasteiger partial charge on any atom is -0.628 e. The Morgan fingerprint density at radius 1 is 0.434 bits per heavy atom. The molecule has 0 aliphatic rings. The third-order valence-corrected chi connectivity index (χ3v) is 9.77. The van der Waals surface area contributed by atoms with Crippen LogP contribution in [0, 0.1) is 11.3 Å². The van der Waals surface area contributed by atoms with Crippen molar-refractivity contribution in [3.8, 4) is 6.07 Å². The van der Waals surface area contributed by atoms with Gasteiger partial charge < -0.3 is 5.32 Å². The topological polar surface area (TPSA) is 41.8 Å². The van der Waals surface area contributed by atoms with E-state index in [9.17, 15) is 0 Å². The van der Waals surface area contributed by atoms with Gasteiger partial charge in [0.1, 0.15) is 6.54 Å². The molecule has 1 aromatic heterocycles. The van der Waals surface area contributed by atoms with Crippen molar-refractivity contribution in [2.24, 2.45) is 0 Å². The maximum Gasteiger partial charge on any atom is 0.170 e. The average Bonchev–Trinajstić information content (AvgIpc) is 3.25. The van der Waals surface area contributed by atoms with Gasteiger partial charge in [-0.05, 0) is 17.5 Å². The first kappa shape index (κ1) is 36.7. The SMILES string of the molecule is CCCCCC[n+]1ccc(C#N)cc1.c1ccc(C([N-]C(c2ccccc2)(c2ccccc2)c2ccccc2)(c2ccccc2)c2ccccc2)cc1. The van der Waals surface area contributed by atoms with Gasteiger partial charge in [0.05, 0.1) is 11.6 Å². The fourth-order valence-electron chi connectivity index (χ4n) is 7.12. The molecule has 53 heavy (non-hydrogen) atoms. The molecule has 0 bridgehead atoms. The zero-order chi connectivity index (χ0) is 36.6. The van der Waals surface area contributed by atoms with Crippen molar-refractivity contribution < 1.29 is 4.57 Å². The summed E-state index contributed by atoms with van der Waals surface area (Å²) < 4.78 is 2.14. The molecule has 0 amide bonds. The summed E-state index contributed by atoms with van der Waals surface area (Å²) in [7, 11) is 0. The maximum atomic E-state index is 8.62. The number of aromatic nitrogens is 1. The van der Waals surface area contributed by atoms with Crippen LogP contribution in [0.25, 0.3) is 5.32 Å². The van der Waals surface area contributed by atoms with Crippen molar-refractivity contribution in [1.29, 1.82) is 5.26 Å². The highest BCUT2D eigenvalue weighted by atomic mass is 15.1. The Hall–Kier alpha value is -6.08. The second-order valence-corrected chi connectivity index (χ2v) is 13.2. The summed E-state index contributed by atoms with van der Waals surface area (Å²) >= 11 is 0. The van der Waals surface area contributed by atoms with E-state index < -0.39 is 11.1 Å². The molecule has 0 saturated heterocycles. The van der Waals surface area contributed by atoms with Gasteiger partial charge in [-0.25, -0.2) is 4.57 Å². The third kappa shape index (κ3) is 8.53. The standard InChI is InChI=1S/C38H30N.C12H17N2/c1-7-19-31(20-8-1)37(32-21-9-2-10-22-32,33-23-11-3-12-24-33)39-38(34-25-13-4-14-26-34,35-27-15-5-16-28-35)36-29-17-6-18-30-36;1-2-3-4-5-8-14-9-6-12(11-13)7-10-14/h1-30H;6-7,9-10H,2-5,8H2,1H3/q-1;+1. The molecule has 6 aromatic carbocycles. The highest BCUT2D eigenvalue weighted by Gasteiger charge is 2.36. The average molecular weight is 690 g/mol. The third-order valence-electron chi connectivity index (χ3n) is 9.77. The lowest BCUT2D eigenvalue weighted by molar-refractivity contribution is -0.697. The van der Waals surface area contributed by atoms with Gasteiger partial charge in [-0.15, -0.1) is 0 Å². The number of benzene rings is 6. The number of rotatable bonds is 13. The Bertz CT molecular complexity index is 1790. The van der Waals surface area contributed by atoms with E-state index in [0.717, 1.165) is 45.5 Å². The summed E-state index contributed by atoms with van der Waals surface area (Å²) in [6, 6.07) is 70.1. The van der Waals surface area contributed by atoms with Crippen LogP contribution < -0.4 is 4.57 Å². The van der Waals surface area contributed by atoms with Crippen LogP contribution in [0.4, 0.5) is 0 Å². The first-order valence-electron chi connectivity index (χ1n) is 18.7. The first-order chi connectivity index (χ1) is 26.2. The second kappa shape index (κ2) is 18.4. The predicted molar refractivity (Wildman–Crippen MR) is 217 cm³/mol. The molecule has 0 aliphatic heterocycles. The van der Waals surface area contributed by atoms with Crippen LogP contribution in [0.2, 0.25) is 0 Å². The van der Waals surface area contributed by atoms with Gasteiger partial charge in [0.25, 0.3) is 0 Å². The number of nitrogens with zero attached hydrogens (tertiary/aromatic N) is 3. The molecule has 3 heteroatoms. The zero-order valence-corrected chi connectivity index (χ0v) is 30.5. The lowest BCUT2D eigenvalue weighted by Crippen LogP contribution is -2.39. The van der Waals surface area contributed by atoms with Crippen molar-refractivity contribution in [3.05, 3.63) is 251 Å². The Kier molecular flexibility index (Phi) is 12.8. The molecule has 0 spiro atoms. The molecular formula is C50H47N3. The smallest absolute Gasteiger partial charge is 0.170 e. The largest absolute Gasteiger partial charge is 0.628 e. The number of hydrogen-bond donors (Lipinski definition) is 0. The van der Waals surface area contributed by atoms with Gasteiger partial charge in [0.15, 0.2) is 12.4 Å². The highest BCUT2D eigenvalue weighted by Crippen LogP contribution is 2.55. The van der Waals surface area contributed by atoms with E-state index in [2.05, 4.69) is 200 Å². The molecule has 0 fully saturated rings. The molecule has 7 rings (SSSR count). The van der Waals surface area contributed by atoms with Crippen LogP contribution in [0.1, 0.15) is 71.6 Å². The molecule has 0 atom stereocenters. The number of hydrogen-bond acceptors (Lipinski definition) is 1. The van der Waals surface area contributed by atoms with Crippen LogP contribution in [0.3, 0.4) is 0 Å². The van der Waals surface area contributed by atoms with E-state index in [1.54, 1.807) is 0 Å². The van der Waals surface area contributed by atoms with E-state index in [1.165, 1.54) is 25.7 Å². The van der Waals surface area contributed by atoms with Crippen molar-refractivity contribution in [2.75, 3.05) is 0 Å². The van der Waals surface area contributed by atoms with Gasteiger partial charge in [-0.2, -0.15) is 5.26 Å². The molecule has 1 heterocycles. The molecule has 0 N–H and O–H groups in total. The normalized spacial score (nSPS) is 11.2. The van der Waals surface area contributed by atoms with E-state index in [4.69, 9.17) is 10.6 Å². The lowest BCUT2D eigenvalue weighted by Gasteiger charge is -2.60. The van der Waals surface area contributed by atoms with Crippen molar-refractivity contribution in [3.63, 3.8) is 0 Å². The van der Waals surface area contributed by atoms with Crippen LogP contribution in [0.5, 0.6) is 0 Å². The molecule has 0 saturated carbocycles. The van der Waals surface area contributed by atoms with Gasteiger partial charge in [0.2, 0.25) is 0 Å². The summed E-state index contributed by atoms with van der Waals surface area (Å²) in [5, 5.41) is 14.8. The summed E-state index contributed by atoms with van der Waals surface area (Å²) in [5.74, 6) is 0. The number of nitriles is 1. The Morgan fingerprint density at radius 2 is 0.736 bits per heavy atom. The summed E-state index contributed by atoms with van der Waals surface area (Å²) in [5.41, 5.74) is 5.85. The second-order valence-electron chi connectivity index (χ2n) is 13.2. The maximum absolute atomic E-state index is 8.62. The van der Waals surface area contributed by atoms with Crippen LogP contribution >= 0.6 is 0 Å². The van der Waals surface area contributed by atoms with Gasteiger partial charge in [-0.1, -0.05) is 235 Å². The minimum atomic E-state index is -0.800. The molecule has 3 nitrogen and oxygen atoms in total. The molecule has 262 valence electrons. The van der Waals surface area contributed by atoms with Crippen LogP contribution in [0.15, 0.2) is 207 Å². The van der Waals surface area contributed by atoms with E-state index in [1.807, 2.05) is 24.5 Å². The van der Waals surface area contributed by atoms with Crippen molar-refractivity contribution in [2.45, 2.75) is 50.2 Å². The minimum absolute atomic E-state index is 0.731. The molecule has 0 aliphatic carbocycles. The van der Waals surface area contributed by atoms with Gasteiger partial charge >= 0.3 is 0 Å². The van der Waals surface area contributed by atoms with Crippen molar-refractivity contribution in [1.82, 2.24) is 0 Å².